The number of nitrogens with zero attached hydrogens (tertiary/aromatic N) is 2. The zero-order valence-corrected chi connectivity index (χ0v) is 9.02. The summed E-state index contributed by atoms with van der Waals surface area (Å²) in [6, 6.07) is 4.26. The van der Waals surface area contributed by atoms with E-state index < -0.39 is 0 Å². The molecule has 0 unspecified atom stereocenters. The Morgan fingerprint density at radius 1 is 1.53 bits per heavy atom. The number of hydrogen-bond donors (Lipinski definition) is 0. The van der Waals surface area contributed by atoms with Crippen molar-refractivity contribution in [2.45, 2.75) is 32.2 Å². The molecule has 3 nitrogen and oxygen atoms in total. The van der Waals surface area contributed by atoms with Gasteiger partial charge in [0.1, 0.15) is 0 Å². The van der Waals surface area contributed by atoms with Crippen LogP contribution in [0.25, 0.3) is 0 Å². The van der Waals surface area contributed by atoms with Gasteiger partial charge in [-0.2, -0.15) is 0 Å². The van der Waals surface area contributed by atoms with E-state index in [2.05, 4.69) is 11.1 Å². The first-order valence-corrected chi connectivity index (χ1v) is 5.45. The Morgan fingerprint density at radius 2 is 2.40 bits per heavy atom. The van der Waals surface area contributed by atoms with Crippen molar-refractivity contribution < 1.29 is 4.79 Å². The number of piperidine rings is 1. The normalized spacial score (nSPS) is 21.4. The van der Waals surface area contributed by atoms with E-state index in [0.29, 0.717) is 0 Å². The third-order valence-corrected chi connectivity index (χ3v) is 3.09. The summed E-state index contributed by atoms with van der Waals surface area (Å²) in [6.07, 6.45) is 6.15. The van der Waals surface area contributed by atoms with E-state index in [-0.39, 0.29) is 6.04 Å². The van der Waals surface area contributed by atoms with Gasteiger partial charge in [0.25, 0.3) is 0 Å². The molecular formula is C12H16N2O. The number of amides is 1. The van der Waals surface area contributed by atoms with Crippen molar-refractivity contribution in [3.8, 4) is 0 Å². The standard InChI is InChI=1S/C12H16N2O/c1-10-11(5-4-7-13-10)12-6-2-3-8-14(12)9-15/h4-5,7,9,12H,2-3,6,8H2,1H3/t12-/m0/s1. The maximum absolute atomic E-state index is 11.0. The van der Waals surface area contributed by atoms with Gasteiger partial charge in [-0.1, -0.05) is 6.07 Å². The minimum Gasteiger partial charge on any atom is -0.338 e. The number of hydrogen-bond acceptors (Lipinski definition) is 2. The molecule has 0 aliphatic carbocycles. The molecule has 0 saturated carbocycles. The van der Waals surface area contributed by atoms with Crippen LogP contribution in [0.5, 0.6) is 0 Å². The first-order chi connectivity index (χ1) is 7.33. The van der Waals surface area contributed by atoms with Gasteiger partial charge in [-0.15, -0.1) is 0 Å². The molecule has 0 radical (unpaired) electrons. The average Bonchev–Trinajstić information content (AvgIpc) is 2.30. The summed E-state index contributed by atoms with van der Waals surface area (Å²) in [5, 5.41) is 0. The Labute approximate surface area is 90.1 Å². The lowest BCUT2D eigenvalue weighted by Crippen LogP contribution is -2.32. The van der Waals surface area contributed by atoms with E-state index >= 15 is 0 Å². The monoisotopic (exact) mass is 204 g/mol. The molecule has 1 aromatic heterocycles. The number of carbonyl (C=O) groups excluding carboxylic acids is 1. The maximum Gasteiger partial charge on any atom is 0.210 e. The topological polar surface area (TPSA) is 33.2 Å². The summed E-state index contributed by atoms with van der Waals surface area (Å²) in [6.45, 7) is 2.88. The molecule has 0 bridgehead atoms. The van der Waals surface area contributed by atoms with Crippen molar-refractivity contribution in [3.63, 3.8) is 0 Å². The van der Waals surface area contributed by atoms with Crippen molar-refractivity contribution >= 4 is 6.41 Å². The molecular weight excluding hydrogens is 188 g/mol. The van der Waals surface area contributed by atoms with Crippen LogP contribution in [0.15, 0.2) is 18.3 Å². The van der Waals surface area contributed by atoms with Crippen LogP contribution in [0.1, 0.15) is 36.6 Å². The average molecular weight is 204 g/mol. The predicted molar refractivity (Wildman–Crippen MR) is 58.3 cm³/mol. The highest BCUT2D eigenvalue weighted by Crippen LogP contribution is 2.30. The maximum atomic E-state index is 11.0. The van der Waals surface area contributed by atoms with Crippen molar-refractivity contribution in [1.82, 2.24) is 9.88 Å². The van der Waals surface area contributed by atoms with Gasteiger partial charge in [0.15, 0.2) is 0 Å². The van der Waals surface area contributed by atoms with Crippen molar-refractivity contribution in [3.05, 3.63) is 29.6 Å². The summed E-state index contributed by atoms with van der Waals surface area (Å²) in [7, 11) is 0. The van der Waals surface area contributed by atoms with E-state index in [1.165, 1.54) is 12.0 Å². The zero-order valence-electron chi connectivity index (χ0n) is 9.02. The third-order valence-electron chi connectivity index (χ3n) is 3.09. The number of pyridine rings is 1. The lowest BCUT2D eigenvalue weighted by molar-refractivity contribution is -0.121. The lowest BCUT2D eigenvalue weighted by Gasteiger charge is -2.33. The van der Waals surface area contributed by atoms with E-state index in [1.807, 2.05) is 17.9 Å². The van der Waals surface area contributed by atoms with Crippen molar-refractivity contribution in [2.24, 2.45) is 0 Å². The molecule has 0 aromatic carbocycles. The van der Waals surface area contributed by atoms with Gasteiger partial charge < -0.3 is 4.90 Å². The van der Waals surface area contributed by atoms with Gasteiger partial charge in [0.2, 0.25) is 6.41 Å². The third kappa shape index (κ3) is 2.01. The van der Waals surface area contributed by atoms with Gasteiger partial charge in [0.05, 0.1) is 6.04 Å². The lowest BCUT2D eigenvalue weighted by atomic mass is 9.95. The van der Waals surface area contributed by atoms with Crippen LogP contribution >= 0.6 is 0 Å². The molecule has 15 heavy (non-hydrogen) atoms. The van der Waals surface area contributed by atoms with Gasteiger partial charge in [-0.25, -0.2) is 0 Å². The minimum atomic E-state index is 0.241. The molecule has 1 aliphatic heterocycles. The fraction of sp³-hybridized carbons (Fsp3) is 0.500. The van der Waals surface area contributed by atoms with Gasteiger partial charge >= 0.3 is 0 Å². The van der Waals surface area contributed by atoms with Crippen LogP contribution in [0, 0.1) is 6.92 Å². The summed E-state index contributed by atoms with van der Waals surface area (Å²) < 4.78 is 0. The van der Waals surface area contributed by atoms with Crippen LogP contribution in [0.3, 0.4) is 0 Å². The van der Waals surface area contributed by atoms with Crippen LogP contribution in [-0.4, -0.2) is 22.8 Å². The molecule has 3 heteroatoms. The van der Waals surface area contributed by atoms with Crippen LogP contribution in [0.4, 0.5) is 0 Å². The SMILES string of the molecule is Cc1ncccc1[C@@H]1CCCCN1C=O. The predicted octanol–water partition coefficient (Wildman–Crippen LogP) is 2.07. The largest absolute Gasteiger partial charge is 0.338 e. The van der Waals surface area contributed by atoms with E-state index in [4.69, 9.17) is 0 Å². The highest BCUT2D eigenvalue weighted by atomic mass is 16.1. The fourth-order valence-electron chi connectivity index (χ4n) is 2.26. The van der Waals surface area contributed by atoms with Gasteiger partial charge in [-0.05, 0) is 37.8 Å². The molecule has 1 saturated heterocycles. The fourth-order valence-corrected chi connectivity index (χ4v) is 2.26. The van der Waals surface area contributed by atoms with Crippen LogP contribution in [0.2, 0.25) is 0 Å². The van der Waals surface area contributed by atoms with E-state index in [9.17, 15) is 4.79 Å². The quantitative estimate of drug-likeness (QED) is 0.691. The Bertz CT molecular complexity index is 351. The highest BCUT2D eigenvalue weighted by Gasteiger charge is 2.23. The van der Waals surface area contributed by atoms with E-state index in [0.717, 1.165) is 31.5 Å². The number of rotatable bonds is 2. The highest BCUT2D eigenvalue weighted by molar-refractivity contribution is 5.49. The Morgan fingerprint density at radius 3 is 3.13 bits per heavy atom. The summed E-state index contributed by atoms with van der Waals surface area (Å²) in [4.78, 5) is 17.1. The Balaban J connectivity index is 2.28. The summed E-state index contributed by atoms with van der Waals surface area (Å²) in [5.41, 5.74) is 2.24. The molecule has 0 spiro atoms. The second-order valence-corrected chi connectivity index (χ2v) is 4.03. The first-order valence-electron chi connectivity index (χ1n) is 5.45. The van der Waals surface area contributed by atoms with Gasteiger partial charge in [0, 0.05) is 18.4 Å². The molecule has 1 amide bonds. The zero-order chi connectivity index (χ0) is 10.7. The summed E-state index contributed by atoms with van der Waals surface area (Å²) >= 11 is 0. The smallest absolute Gasteiger partial charge is 0.210 e. The van der Waals surface area contributed by atoms with Crippen LogP contribution in [-0.2, 0) is 4.79 Å². The van der Waals surface area contributed by atoms with Gasteiger partial charge in [-0.3, -0.25) is 9.78 Å². The molecule has 1 aliphatic rings. The number of aryl methyl sites for hydroxylation is 1. The number of likely N-dealkylation sites (tertiary alicyclic amines) is 1. The van der Waals surface area contributed by atoms with Crippen LogP contribution < -0.4 is 0 Å². The Kier molecular flexibility index (Phi) is 2.99. The Hall–Kier alpha value is -1.38. The molecule has 1 aromatic rings. The molecule has 2 rings (SSSR count). The molecule has 0 N–H and O–H groups in total. The second kappa shape index (κ2) is 4.43. The van der Waals surface area contributed by atoms with Crippen molar-refractivity contribution in [2.75, 3.05) is 6.54 Å². The molecule has 80 valence electrons. The molecule has 1 atom stereocenters. The molecule has 2 heterocycles. The summed E-state index contributed by atoms with van der Waals surface area (Å²) in [5.74, 6) is 0. The number of carbonyl (C=O) groups is 1. The first kappa shape index (κ1) is 10.1. The second-order valence-electron chi connectivity index (χ2n) is 4.03. The van der Waals surface area contributed by atoms with Crippen molar-refractivity contribution in [1.29, 1.82) is 0 Å². The van der Waals surface area contributed by atoms with E-state index in [1.54, 1.807) is 6.20 Å². The molecule has 1 fully saturated rings. The number of aromatic nitrogens is 1. The minimum absolute atomic E-state index is 0.241.